The minimum atomic E-state index is -3.90. The van der Waals surface area contributed by atoms with Crippen molar-refractivity contribution in [1.82, 2.24) is 14.6 Å². The average Bonchev–Trinajstić information content (AvgIpc) is 3.14. The third-order valence-corrected chi connectivity index (χ3v) is 7.21. The van der Waals surface area contributed by atoms with Gasteiger partial charge in [-0.05, 0) is 37.6 Å². The standard InChI is InChI=1S/C19H23FN4O4S/c1-11-6-13(4-5-14(11)20)22-18(25)16-17-15(8-24(16)3)29(26,27)23-19(2)10-21-7-12(19)9-28-17/h4-6,8,12,21,23H,7,9-10H2,1-3H3,(H,22,25). The minimum Gasteiger partial charge on any atom is -0.489 e. The Kier molecular flexibility index (Phi) is 4.67. The number of carbonyl (C=O) groups is 1. The quantitative estimate of drug-likeness (QED) is 0.679. The Hall–Kier alpha value is -2.43. The summed E-state index contributed by atoms with van der Waals surface area (Å²) >= 11 is 0. The van der Waals surface area contributed by atoms with E-state index in [0.717, 1.165) is 0 Å². The number of nitrogens with zero attached hydrogens (tertiary/aromatic N) is 1. The molecule has 10 heteroatoms. The van der Waals surface area contributed by atoms with Crippen LogP contribution in [0.15, 0.2) is 29.3 Å². The van der Waals surface area contributed by atoms with E-state index < -0.39 is 21.5 Å². The van der Waals surface area contributed by atoms with Crippen LogP contribution in [0.25, 0.3) is 0 Å². The lowest BCUT2D eigenvalue weighted by atomic mass is 9.91. The van der Waals surface area contributed by atoms with Crippen LogP contribution in [-0.2, 0) is 17.1 Å². The number of amides is 1. The van der Waals surface area contributed by atoms with Crippen LogP contribution in [0.1, 0.15) is 23.0 Å². The summed E-state index contributed by atoms with van der Waals surface area (Å²) in [6.07, 6.45) is 1.37. The number of hydrogen-bond donors (Lipinski definition) is 3. The van der Waals surface area contributed by atoms with Crippen molar-refractivity contribution in [2.24, 2.45) is 13.0 Å². The van der Waals surface area contributed by atoms with Gasteiger partial charge in [-0.2, -0.15) is 0 Å². The van der Waals surface area contributed by atoms with E-state index in [-0.39, 0.29) is 34.7 Å². The normalized spacial score (nSPS) is 25.3. The highest BCUT2D eigenvalue weighted by molar-refractivity contribution is 7.89. The molecular weight excluding hydrogens is 399 g/mol. The Morgan fingerprint density at radius 2 is 2.17 bits per heavy atom. The lowest BCUT2D eigenvalue weighted by molar-refractivity contribution is 0.101. The smallest absolute Gasteiger partial charge is 0.276 e. The minimum absolute atomic E-state index is 0.0188. The van der Waals surface area contributed by atoms with E-state index in [1.54, 1.807) is 14.0 Å². The van der Waals surface area contributed by atoms with Crippen molar-refractivity contribution in [1.29, 1.82) is 0 Å². The van der Waals surface area contributed by atoms with Crippen molar-refractivity contribution >= 4 is 21.6 Å². The fraction of sp³-hybridized carbons (Fsp3) is 0.421. The zero-order valence-electron chi connectivity index (χ0n) is 16.4. The fourth-order valence-corrected chi connectivity index (χ4v) is 5.53. The van der Waals surface area contributed by atoms with Crippen LogP contribution in [0.2, 0.25) is 0 Å². The van der Waals surface area contributed by atoms with E-state index in [1.165, 1.54) is 29.0 Å². The molecule has 1 amide bonds. The molecular formula is C19H23FN4O4S. The molecule has 1 fully saturated rings. The number of rotatable bonds is 2. The number of aromatic nitrogens is 1. The van der Waals surface area contributed by atoms with Gasteiger partial charge in [0.2, 0.25) is 10.0 Å². The number of fused-ring (bicyclic) bond motifs is 2. The van der Waals surface area contributed by atoms with Crippen molar-refractivity contribution in [3.63, 3.8) is 0 Å². The van der Waals surface area contributed by atoms with Crippen molar-refractivity contribution in [2.75, 3.05) is 25.0 Å². The number of aryl methyl sites for hydroxylation is 2. The lowest BCUT2D eigenvalue weighted by Gasteiger charge is -2.33. The summed E-state index contributed by atoms with van der Waals surface area (Å²) in [6.45, 7) is 4.81. The van der Waals surface area contributed by atoms with Gasteiger partial charge in [0.25, 0.3) is 5.91 Å². The Morgan fingerprint density at radius 3 is 2.90 bits per heavy atom. The Balaban J connectivity index is 1.72. The molecule has 1 aromatic carbocycles. The fourth-order valence-electron chi connectivity index (χ4n) is 3.87. The molecule has 1 aromatic heterocycles. The van der Waals surface area contributed by atoms with Crippen molar-refractivity contribution < 1.29 is 22.3 Å². The van der Waals surface area contributed by atoms with Gasteiger partial charge in [0.15, 0.2) is 11.4 Å². The van der Waals surface area contributed by atoms with Gasteiger partial charge < -0.3 is 19.9 Å². The molecule has 1 saturated heterocycles. The topological polar surface area (TPSA) is 101 Å². The van der Waals surface area contributed by atoms with Gasteiger partial charge in [0.1, 0.15) is 10.7 Å². The van der Waals surface area contributed by atoms with Gasteiger partial charge in [-0.15, -0.1) is 0 Å². The summed E-state index contributed by atoms with van der Waals surface area (Å²) in [7, 11) is -2.32. The second-order valence-corrected chi connectivity index (χ2v) is 9.51. The summed E-state index contributed by atoms with van der Waals surface area (Å²) in [5.74, 6) is -0.977. The van der Waals surface area contributed by atoms with E-state index in [2.05, 4.69) is 15.4 Å². The predicted octanol–water partition coefficient (Wildman–Crippen LogP) is 1.37. The molecule has 3 N–H and O–H groups in total. The van der Waals surface area contributed by atoms with Gasteiger partial charge in [0, 0.05) is 43.5 Å². The zero-order chi connectivity index (χ0) is 21.0. The van der Waals surface area contributed by atoms with E-state index >= 15 is 0 Å². The first-order valence-electron chi connectivity index (χ1n) is 9.25. The number of ether oxygens (including phenoxy) is 1. The average molecular weight is 422 g/mol. The zero-order valence-corrected chi connectivity index (χ0v) is 17.2. The number of halogens is 1. The van der Waals surface area contributed by atoms with Crippen LogP contribution >= 0.6 is 0 Å². The van der Waals surface area contributed by atoms with Gasteiger partial charge in [-0.1, -0.05) is 0 Å². The molecule has 2 unspecified atom stereocenters. The molecule has 0 radical (unpaired) electrons. The van der Waals surface area contributed by atoms with Crippen molar-refractivity contribution in [2.45, 2.75) is 24.3 Å². The number of nitrogens with one attached hydrogen (secondary N) is 3. The Labute approximate surface area is 168 Å². The first kappa shape index (κ1) is 19.9. The van der Waals surface area contributed by atoms with Gasteiger partial charge in [-0.25, -0.2) is 17.5 Å². The molecule has 0 bridgehead atoms. The number of hydrogen-bond acceptors (Lipinski definition) is 5. The molecule has 0 spiro atoms. The molecule has 156 valence electrons. The van der Waals surface area contributed by atoms with Crippen LogP contribution in [-0.4, -0.2) is 44.1 Å². The van der Waals surface area contributed by atoms with E-state index in [4.69, 9.17) is 4.74 Å². The Bertz CT molecular complexity index is 1100. The number of sulfonamides is 1. The second kappa shape index (κ2) is 6.82. The highest BCUT2D eigenvalue weighted by atomic mass is 32.2. The van der Waals surface area contributed by atoms with Crippen LogP contribution in [0.4, 0.5) is 10.1 Å². The third-order valence-electron chi connectivity index (χ3n) is 5.60. The predicted molar refractivity (Wildman–Crippen MR) is 105 cm³/mol. The molecule has 8 nitrogen and oxygen atoms in total. The summed E-state index contributed by atoms with van der Waals surface area (Å²) in [5.41, 5.74) is 0.214. The highest BCUT2D eigenvalue weighted by Gasteiger charge is 2.46. The molecule has 0 aliphatic carbocycles. The van der Waals surface area contributed by atoms with Crippen LogP contribution in [0, 0.1) is 18.7 Å². The van der Waals surface area contributed by atoms with Crippen LogP contribution in [0.5, 0.6) is 5.75 Å². The summed E-state index contributed by atoms with van der Waals surface area (Å²) in [5, 5.41) is 5.87. The first-order chi connectivity index (χ1) is 13.6. The van der Waals surface area contributed by atoms with Crippen molar-refractivity contribution in [3.05, 3.63) is 41.5 Å². The van der Waals surface area contributed by atoms with Gasteiger partial charge >= 0.3 is 0 Å². The number of carbonyl (C=O) groups excluding carboxylic acids is 1. The molecule has 2 aromatic rings. The van der Waals surface area contributed by atoms with E-state index in [1.807, 2.05) is 6.92 Å². The van der Waals surface area contributed by atoms with Gasteiger partial charge in [0.05, 0.1) is 6.61 Å². The molecule has 3 heterocycles. The summed E-state index contributed by atoms with van der Waals surface area (Å²) < 4.78 is 49.6. The number of anilines is 1. The largest absolute Gasteiger partial charge is 0.489 e. The maximum Gasteiger partial charge on any atom is 0.276 e. The van der Waals surface area contributed by atoms with Crippen LogP contribution < -0.4 is 20.1 Å². The molecule has 2 aliphatic rings. The monoisotopic (exact) mass is 422 g/mol. The van der Waals surface area contributed by atoms with E-state index in [9.17, 15) is 17.6 Å². The molecule has 29 heavy (non-hydrogen) atoms. The number of benzene rings is 1. The first-order valence-corrected chi connectivity index (χ1v) is 10.7. The lowest BCUT2D eigenvalue weighted by Crippen LogP contribution is -2.54. The molecule has 2 aliphatic heterocycles. The summed E-state index contributed by atoms with van der Waals surface area (Å²) in [4.78, 5) is 12.9. The Morgan fingerprint density at radius 1 is 1.41 bits per heavy atom. The van der Waals surface area contributed by atoms with Crippen LogP contribution in [0.3, 0.4) is 0 Å². The van der Waals surface area contributed by atoms with Crippen molar-refractivity contribution in [3.8, 4) is 5.75 Å². The van der Waals surface area contributed by atoms with Gasteiger partial charge in [-0.3, -0.25) is 4.79 Å². The molecule has 0 saturated carbocycles. The second-order valence-electron chi connectivity index (χ2n) is 7.86. The summed E-state index contributed by atoms with van der Waals surface area (Å²) in [6, 6.07) is 4.22. The highest BCUT2D eigenvalue weighted by Crippen LogP contribution is 2.36. The SMILES string of the molecule is Cc1cc(NC(=O)c2c3c(cn2C)S(=O)(=O)NC2(C)CNCC2CO3)ccc1F. The molecule has 4 rings (SSSR count). The molecule has 2 atom stereocenters. The third kappa shape index (κ3) is 3.41. The maximum absolute atomic E-state index is 13.5. The van der Waals surface area contributed by atoms with E-state index in [0.29, 0.717) is 24.3 Å². The maximum atomic E-state index is 13.5.